The zero-order valence-electron chi connectivity index (χ0n) is 12.8. The van der Waals surface area contributed by atoms with Gasteiger partial charge in [0.05, 0.1) is 0 Å². The van der Waals surface area contributed by atoms with E-state index in [0.29, 0.717) is 17.0 Å². The highest BCUT2D eigenvalue weighted by Crippen LogP contribution is 2.33. The first-order chi connectivity index (χ1) is 11.0. The molecule has 3 rings (SSSR count). The third-order valence-electron chi connectivity index (χ3n) is 4.29. The minimum atomic E-state index is -1.14. The number of urea groups is 1. The number of imide groups is 1. The number of nitrogens with one attached hydrogen (secondary N) is 2. The molecular formula is C16H18ClN3O3. The average Bonchev–Trinajstić information content (AvgIpc) is 3.30. The SMILES string of the molecule is CC[C@]1(c2ccc(Cl)cc2)NC(=O)N(CC(=O)NC2CC2)C1=O. The standard InChI is InChI=1S/C16H18ClN3O3/c1-2-16(10-3-5-11(17)6-4-10)14(22)20(15(23)19-16)9-13(21)18-12-7-8-12/h3-6,12H,2,7-9H2,1H3,(H,18,21)(H,19,23)/t16-/m1/s1. The molecule has 1 aliphatic carbocycles. The summed E-state index contributed by atoms with van der Waals surface area (Å²) in [6, 6.07) is 6.44. The molecular weight excluding hydrogens is 318 g/mol. The molecule has 122 valence electrons. The summed E-state index contributed by atoms with van der Waals surface area (Å²) in [4.78, 5) is 37.9. The van der Waals surface area contributed by atoms with Crippen LogP contribution in [-0.2, 0) is 15.1 Å². The second-order valence-electron chi connectivity index (χ2n) is 5.93. The maximum atomic E-state index is 12.8. The van der Waals surface area contributed by atoms with Crippen molar-refractivity contribution < 1.29 is 14.4 Å². The third-order valence-corrected chi connectivity index (χ3v) is 4.54. The number of carbonyl (C=O) groups excluding carboxylic acids is 3. The van der Waals surface area contributed by atoms with Crippen molar-refractivity contribution in [2.45, 2.75) is 37.8 Å². The van der Waals surface area contributed by atoms with E-state index in [9.17, 15) is 14.4 Å². The van der Waals surface area contributed by atoms with Gasteiger partial charge in [0.25, 0.3) is 5.91 Å². The van der Waals surface area contributed by atoms with Crippen LogP contribution in [-0.4, -0.2) is 35.3 Å². The van der Waals surface area contributed by atoms with Gasteiger partial charge in [-0.05, 0) is 37.0 Å². The smallest absolute Gasteiger partial charge is 0.325 e. The highest BCUT2D eigenvalue weighted by Gasteiger charge is 2.51. The van der Waals surface area contributed by atoms with E-state index < -0.39 is 17.5 Å². The lowest BCUT2D eigenvalue weighted by molar-refractivity contribution is -0.135. The Morgan fingerprint density at radius 1 is 1.35 bits per heavy atom. The van der Waals surface area contributed by atoms with Crippen LogP contribution < -0.4 is 10.6 Å². The molecule has 23 heavy (non-hydrogen) atoms. The topological polar surface area (TPSA) is 78.5 Å². The van der Waals surface area contributed by atoms with Crippen LogP contribution in [0.1, 0.15) is 31.7 Å². The Hall–Kier alpha value is -2.08. The Bertz CT molecular complexity index is 657. The minimum Gasteiger partial charge on any atom is -0.352 e. The number of rotatable bonds is 5. The van der Waals surface area contributed by atoms with Crippen LogP contribution in [0.2, 0.25) is 5.02 Å². The van der Waals surface area contributed by atoms with Gasteiger partial charge in [-0.3, -0.25) is 14.5 Å². The molecule has 1 aromatic carbocycles. The summed E-state index contributed by atoms with van der Waals surface area (Å²) in [6.07, 6.45) is 2.30. The van der Waals surface area contributed by atoms with E-state index in [1.54, 1.807) is 24.3 Å². The van der Waals surface area contributed by atoms with Gasteiger partial charge in [-0.1, -0.05) is 30.7 Å². The van der Waals surface area contributed by atoms with Gasteiger partial charge >= 0.3 is 6.03 Å². The Kier molecular flexibility index (Phi) is 4.02. The highest BCUT2D eigenvalue weighted by atomic mass is 35.5. The molecule has 2 N–H and O–H groups in total. The Morgan fingerprint density at radius 2 is 2.00 bits per heavy atom. The number of hydrogen-bond donors (Lipinski definition) is 2. The van der Waals surface area contributed by atoms with E-state index in [4.69, 9.17) is 11.6 Å². The van der Waals surface area contributed by atoms with Gasteiger partial charge in [-0.25, -0.2) is 4.79 Å². The molecule has 7 heteroatoms. The zero-order chi connectivity index (χ0) is 16.6. The minimum absolute atomic E-state index is 0.190. The first kappa shape index (κ1) is 15.8. The van der Waals surface area contributed by atoms with Crippen molar-refractivity contribution in [3.63, 3.8) is 0 Å². The van der Waals surface area contributed by atoms with Gasteiger partial charge in [0.1, 0.15) is 12.1 Å². The number of nitrogens with zero attached hydrogens (tertiary/aromatic N) is 1. The fraction of sp³-hybridized carbons (Fsp3) is 0.438. The fourth-order valence-corrected chi connectivity index (χ4v) is 2.91. The maximum Gasteiger partial charge on any atom is 0.325 e. The van der Waals surface area contributed by atoms with Crippen molar-refractivity contribution in [1.29, 1.82) is 0 Å². The molecule has 1 heterocycles. The van der Waals surface area contributed by atoms with Gasteiger partial charge in [-0.2, -0.15) is 0 Å². The number of carbonyl (C=O) groups is 3. The van der Waals surface area contributed by atoms with Gasteiger partial charge in [0, 0.05) is 11.1 Å². The van der Waals surface area contributed by atoms with Crippen LogP contribution in [0.25, 0.3) is 0 Å². The lowest BCUT2D eigenvalue weighted by Crippen LogP contribution is -2.45. The summed E-state index contributed by atoms with van der Waals surface area (Å²) in [5.74, 6) is -0.711. The molecule has 4 amide bonds. The van der Waals surface area contributed by atoms with Crippen molar-refractivity contribution in [2.75, 3.05) is 6.54 Å². The number of hydrogen-bond acceptors (Lipinski definition) is 3. The fourth-order valence-electron chi connectivity index (χ4n) is 2.79. The molecule has 0 radical (unpaired) electrons. The summed E-state index contributed by atoms with van der Waals surface area (Å²) < 4.78 is 0. The number of amides is 4. The third kappa shape index (κ3) is 2.91. The summed E-state index contributed by atoms with van der Waals surface area (Å²) in [5.41, 5.74) is -0.477. The summed E-state index contributed by atoms with van der Waals surface area (Å²) >= 11 is 5.89. The van der Waals surface area contributed by atoms with E-state index >= 15 is 0 Å². The lowest BCUT2D eigenvalue weighted by atomic mass is 9.87. The van der Waals surface area contributed by atoms with E-state index in [0.717, 1.165) is 17.7 Å². The molecule has 1 aliphatic heterocycles. The van der Waals surface area contributed by atoms with E-state index in [1.807, 2.05) is 6.92 Å². The van der Waals surface area contributed by atoms with Crippen molar-refractivity contribution in [1.82, 2.24) is 15.5 Å². The van der Waals surface area contributed by atoms with Crippen molar-refractivity contribution in [3.8, 4) is 0 Å². The first-order valence-corrected chi connectivity index (χ1v) is 8.03. The molecule has 1 saturated carbocycles. The highest BCUT2D eigenvalue weighted by molar-refractivity contribution is 6.30. The monoisotopic (exact) mass is 335 g/mol. The summed E-state index contributed by atoms with van der Waals surface area (Å²) in [5, 5.41) is 6.08. The molecule has 0 unspecified atom stereocenters. The van der Waals surface area contributed by atoms with Gasteiger partial charge in [0.2, 0.25) is 5.91 Å². The molecule has 1 saturated heterocycles. The van der Waals surface area contributed by atoms with Crippen molar-refractivity contribution in [3.05, 3.63) is 34.9 Å². The van der Waals surface area contributed by atoms with E-state index in [1.165, 1.54) is 0 Å². The van der Waals surface area contributed by atoms with Gasteiger partial charge < -0.3 is 10.6 Å². The predicted molar refractivity (Wildman–Crippen MR) is 84.8 cm³/mol. The summed E-state index contributed by atoms with van der Waals surface area (Å²) in [7, 11) is 0. The van der Waals surface area contributed by atoms with Crippen molar-refractivity contribution >= 4 is 29.4 Å². The predicted octanol–water partition coefficient (Wildman–Crippen LogP) is 1.78. The number of halogens is 1. The van der Waals surface area contributed by atoms with Crippen LogP contribution in [0.15, 0.2) is 24.3 Å². The molecule has 6 nitrogen and oxygen atoms in total. The molecule has 0 bridgehead atoms. The largest absolute Gasteiger partial charge is 0.352 e. The zero-order valence-corrected chi connectivity index (χ0v) is 13.5. The molecule has 1 aromatic rings. The summed E-state index contributed by atoms with van der Waals surface area (Å²) in [6.45, 7) is 1.57. The van der Waals surface area contributed by atoms with Crippen LogP contribution in [0, 0.1) is 0 Å². The Morgan fingerprint density at radius 3 is 2.57 bits per heavy atom. The van der Waals surface area contributed by atoms with Gasteiger partial charge in [0.15, 0.2) is 0 Å². The Labute approximate surface area is 139 Å². The normalized spacial score (nSPS) is 23.8. The van der Waals surface area contributed by atoms with E-state index in [-0.39, 0.29) is 18.5 Å². The Balaban J connectivity index is 1.82. The van der Waals surface area contributed by atoms with Crippen LogP contribution in [0.5, 0.6) is 0 Å². The lowest BCUT2D eigenvalue weighted by Gasteiger charge is -2.25. The maximum absolute atomic E-state index is 12.8. The van der Waals surface area contributed by atoms with Crippen LogP contribution >= 0.6 is 11.6 Å². The first-order valence-electron chi connectivity index (χ1n) is 7.66. The number of benzene rings is 1. The quantitative estimate of drug-likeness (QED) is 0.805. The molecule has 2 fully saturated rings. The molecule has 1 atom stereocenters. The van der Waals surface area contributed by atoms with Crippen molar-refractivity contribution in [2.24, 2.45) is 0 Å². The second kappa shape index (κ2) is 5.85. The van der Waals surface area contributed by atoms with Gasteiger partial charge in [-0.15, -0.1) is 0 Å². The molecule has 2 aliphatic rings. The van der Waals surface area contributed by atoms with Crippen LogP contribution in [0.4, 0.5) is 4.79 Å². The molecule has 0 spiro atoms. The second-order valence-corrected chi connectivity index (χ2v) is 6.37. The molecule has 0 aromatic heterocycles. The average molecular weight is 336 g/mol. The van der Waals surface area contributed by atoms with E-state index in [2.05, 4.69) is 10.6 Å². The van der Waals surface area contributed by atoms with Crippen LogP contribution in [0.3, 0.4) is 0 Å².